The molecule has 1 saturated heterocycles. The van der Waals surface area contributed by atoms with Crippen LogP contribution in [0.5, 0.6) is 0 Å². The van der Waals surface area contributed by atoms with Gasteiger partial charge in [0.25, 0.3) is 0 Å². The van der Waals surface area contributed by atoms with E-state index in [9.17, 15) is 4.79 Å². The van der Waals surface area contributed by atoms with Gasteiger partial charge in [-0.3, -0.25) is 9.69 Å². The number of rotatable bonds is 5. The summed E-state index contributed by atoms with van der Waals surface area (Å²) in [5.74, 6) is 0.102. The van der Waals surface area contributed by atoms with Crippen LogP contribution in [0, 0.1) is 0 Å². The summed E-state index contributed by atoms with van der Waals surface area (Å²) in [6.45, 7) is 7.25. The van der Waals surface area contributed by atoms with Crippen molar-refractivity contribution >= 4 is 17.5 Å². The van der Waals surface area contributed by atoms with Crippen LogP contribution in [0.2, 0.25) is 5.02 Å². The second-order valence-corrected chi connectivity index (χ2v) is 5.77. The van der Waals surface area contributed by atoms with Gasteiger partial charge in [-0.05, 0) is 31.0 Å². The lowest BCUT2D eigenvalue weighted by Gasteiger charge is -2.40. The minimum absolute atomic E-state index is 0.102. The fraction of sp³-hybridized carbons (Fsp3) is 0.562. The molecule has 2 N–H and O–H groups in total. The summed E-state index contributed by atoms with van der Waals surface area (Å²) in [5.41, 5.74) is 1.18. The molecule has 2 unspecified atom stereocenters. The number of hydrogen-bond donors (Lipinski definition) is 2. The zero-order chi connectivity index (χ0) is 15.2. The third kappa shape index (κ3) is 3.96. The number of amides is 1. The van der Waals surface area contributed by atoms with Crippen molar-refractivity contribution in [3.8, 4) is 0 Å². The molecular weight excluding hydrogens is 286 g/mol. The van der Waals surface area contributed by atoms with Crippen molar-refractivity contribution in [3.05, 3.63) is 34.9 Å². The van der Waals surface area contributed by atoms with E-state index in [4.69, 9.17) is 11.6 Å². The van der Waals surface area contributed by atoms with Gasteiger partial charge in [0.1, 0.15) is 6.04 Å². The molecule has 1 heterocycles. The number of carbonyl (C=O) groups is 1. The van der Waals surface area contributed by atoms with Crippen molar-refractivity contribution in [1.82, 2.24) is 15.5 Å². The van der Waals surface area contributed by atoms with Crippen LogP contribution < -0.4 is 10.6 Å². The minimum Gasteiger partial charge on any atom is -0.355 e. The van der Waals surface area contributed by atoms with Crippen molar-refractivity contribution in [1.29, 1.82) is 0 Å². The van der Waals surface area contributed by atoms with Gasteiger partial charge in [-0.25, -0.2) is 0 Å². The zero-order valence-electron chi connectivity index (χ0n) is 12.7. The van der Waals surface area contributed by atoms with Crippen LogP contribution in [-0.4, -0.2) is 43.0 Å². The molecule has 1 amide bonds. The number of nitrogens with one attached hydrogen (secondary N) is 2. The van der Waals surface area contributed by atoms with Gasteiger partial charge in [0.15, 0.2) is 0 Å². The van der Waals surface area contributed by atoms with Crippen molar-refractivity contribution in [2.75, 3.05) is 26.2 Å². The van der Waals surface area contributed by atoms with E-state index >= 15 is 0 Å². The number of likely N-dealkylation sites (N-methyl/N-ethyl adjacent to an activating group) is 1. The highest BCUT2D eigenvalue weighted by atomic mass is 35.5. The van der Waals surface area contributed by atoms with E-state index in [0.29, 0.717) is 13.1 Å². The Labute approximate surface area is 131 Å². The Morgan fingerprint density at radius 1 is 1.52 bits per heavy atom. The number of carbonyl (C=O) groups excluding carboxylic acids is 1. The molecule has 2 atom stereocenters. The first-order valence-electron chi connectivity index (χ1n) is 7.67. The van der Waals surface area contributed by atoms with Gasteiger partial charge in [-0.2, -0.15) is 0 Å². The second-order valence-electron chi connectivity index (χ2n) is 5.33. The van der Waals surface area contributed by atoms with Crippen molar-refractivity contribution in [2.45, 2.75) is 32.4 Å². The number of halogens is 1. The lowest BCUT2D eigenvalue weighted by atomic mass is 9.99. The molecule has 0 spiro atoms. The average molecular weight is 310 g/mol. The molecule has 0 bridgehead atoms. The van der Waals surface area contributed by atoms with Gasteiger partial charge in [-0.15, -0.1) is 0 Å². The Bertz CT molecular complexity index is 480. The van der Waals surface area contributed by atoms with Gasteiger partial charge in [0.05, 0.1) is 0 Å². The van der Waals surface area contributed by atoms with Crippen LogP contribution in [0.15, 0.2) is 24.3 Å². The van der Waals surface area contributed by atoms with Crippen LogP contribution in [0.4, 0.5) is 0 Å². The molecular formula is C16H24ClN3O. The fourth-order valence-electron chi connectivity index (χ4n) is 3.00. The SMILES string of the molecule is CCNC(=O)C1CNCCN1C(CC)c1cccc(Cl)c1. The van der Waals surface area contributed by atoms with Crippen LogP contribution in [0.3, 0.4) is 0 Å². The van der Waals surface area contributed by atoms with Gasteiger partial charge in [-0.1, -0.05) is 30.7 Å². The summed E-state index contributed by atoms with van der Waals surface area (Å²) in [5, 5.41) is 7.00. The Hall–Kier alpha value is -1.10. The molecule has 1 aromatic rings. The number of hydrogen-bond acceptors (Lipinski definition) is 3. The molecule has 116 valence electrons. The molecule has 1 aliphatic rings. The summed E-state index contributed by atoms with van der Waals surface area (Å²) in [4.78, 5) is 14.6. The Morgan fingerprint density at radius 2 is 2.33 bits per heavy atom. The van der Waals surface area contributed by atoms with Crippen molar-refractivity contribution in [3.63, 3.8) is 0 Å². The predicted molar refractivity (Wildman–Crippen MR) is 86.5 cm³/mol. The van der Waals surface area contributed by atoms with Gasteiger partial charge >= 0.3 is 0 Å². The van der Waals surface area contributed by atoms with E-state index in [-0.39, 0.29) is 18.0 Å². The highest BCUT2D eigenvalue weighted by molar-refractivity contribution is 6.30. The highest BCUT2D eigenvalue weighted by Crippen LogP contribution is 2.28. The quantitative estimate of drug-likeness (QED) is 0.876. The first kappa shape index (κ1) is 16.3. The van der Waals surface area contributed by atoms with Crippen LogP contribution >= 0.6 is 11.6 Å². The molecule has 4 nitrogen and oxygen atoms in total. The van der Waals surface area contributed by atoms with E-state index in [1.807, 2.05) is 25.1 Å². The number of piperazine rings is 1. The predicted octanol–water partition coefficient (Wildman–Crippen LogP) is 2.20. The fourth-order valence-corrected chi connectivity index (χ4v) is 3.20. The molecule has 1 fully saturated rings. The molecule has 1 aliphatic heterocycles. The molecule has 5 heteroatoms. The first-order valence-corrected chi connectivity index (χ1v) is 8.04. The van der Waals surface area contributed by atoms with Gasteiger partial charge in [0, 0.05) is 37.2 Å². The summed E-state index contributed by atoms with van der Waals surface area (Å²) in [6.07, 6.45) is 0.955. The molecule has 21 heavy (non-hydrogen) atoms. The first-order chi connectivity index (χ1) is 10.2. The summed E-state index contributed by atoms with van der Waals surface area (Å²) in [6, 6.07) is 8.06. The maximum absolute atomic E-state index is 12.3. The lowest BCUT2D eigenvalue weighted by Crippen LogP contribution is -2.58. The van der Waals surface area contributed by atoms with Crippen molar-refractivity contribution in [2.24, 2.45) is 0 Å². The maximum Gasteiger partial charge on any atom is 0.238 e. The number of nitrogens with zero attached hydrogens (tertiary/aromatic N) is 1. The van der Waals surface area contributed by atoms with Gasteiger partial charge < -0.3 is 10.6 Å². The van der Waals surface area contributed by atoms with Crippen LogP contribution in [-0.2, 0) is 4.79 Å². The third-order valence-electron chi connectivity index (χ3n) is 3.96. The van der Waals surface area contributed by atoms with E-state index in [1.54, 1.807) is 0 Å². The topological polar surface area (TPSA) is 44.4 Å². The normalized spacial score (nSPS) is 21.0. The molecule has 0 aromatic heterocycles. The third-order valence-corrected chi connectivity index (χ3v) is 4.19. The van der Waals surface area contributed by atoms with Crippen molar-refractivity contribution < 1.29 is 4.79 Å². The maximum atomic E-state index is 12.3. The largest absolute Gasteiger partial charge is 0.355 e. The molecule has 0 saturated carbocycles. The van der Waals surface area contributed by atoms with E-state index in [2.05, 4.69) is 28.5 Å². The number of benzene rings is 1. The van der Waals surface area contributed by atoms with E-state index in [0.717, 1.165) is 24.5 Å². The van der Waals surface area contributed by atoms with Crippen LogP contribution in [0.25, 0.3) is 0 Å². The molecule has 2 rings (SSSR count). The van der Waals surface area contributed by atoms with Gasteiger partial charge in [0.2, 0.25) is 5.91 Å². The summed E-state index contributed by atoms with van der Waals surface area (Å²) >= 11 is 6.12. The van der Waals surface area contributed by atoms with E-state index in [1.165, 1.54) is 5.56 Å². The average Bonchev–Trinajstić information content (AvgIpc) is 2.49. The standard InChI is InChI=1S/C16H24ClN3O/c1-3-14(12-6-5-7-13(17)10-12)20-9-8-18-11-15(20)16(21)19-4-2/h5-7,10,14-15,18H,3-4,8-9,11H2,1-2H3,(H,19,21). The Kier molecular flexibility index (Phi) is 6.03. The monoisotopic (exact) mass is 309 g/mol. The highest BCUT2D eigenvalue weighted by Gasteiger charge is 2.33. The lowest BCUT2D eigenvalue weighted by molar-refractivity contribution is -0.128. The smallest absolute Gasteiger partial charge is 0.238 e. The Balaban J connectivity index is 2.23. The molecule has 1 aromatic carbocycles. The molecule has 0 radical (unpaired) electrons. The second kappa shape index (κ2) is 7.78. The minimum atomic E-state index is -0.123. The zero-order valence-corrected chi connectivity index (χ0v) is 13.5. The Morgan fingerprint density at radius 3 is 3.00 bits per heavy atom. The van der Waals surface area contributed by atoms with Crippen LogP contribution in [0.1, 0.15) is 31.9 Å². The molecule has 0 aliphatic carbocycles. The van der Waals surface area contributed by atoms with E-state index < -0.39 is 0 Å². The summed E-state index contributed by atoms with van der Waals surface area (Å²) < 4.78 is 0. The summed E-state index contributed by atoms with van der Waals surface area (Å²) in [7, 11) is 0.